The molecule has 0 atom stereocenters. The van der Waals surface area contributed by atoms with Crippen molar-refractivity contribution in [2.45, 2.75) is 36.6 Å². The highest BCUT2D eigenvalue weighted by molar-refractivity contribution is 9.13. The maximum Gasteiger partial charge on any atom is 0.243 e. The summed E-state index contributed by atoms with van der Waals surface area (Å²) in [7, 11) is -3.80. The molecule has 1 amide bonds. The summed E-state index contributed by atoms with van der Waals surface area (Å²) in [5.74, 6) is -0.313. The van der Waals surface area contributed by atoms with E-state index in [0.717, 1.165) is 20.1 Å². The Hall–Kier alpha value is -2.33. The average molecular weight is 634 g/mol. The second-order valence-electron chi connectivity index (χ2n) is 8.87. The van der Waals surface area contributed by atoms with Crippen LogP contribution in [0.1, 0.15) is 41.3 Å². The maximum atomic E-state index is 13.7. The van der Waals surface area contributed by atoms with Crippen molar-refractivity contribution in [1.82, 2.24) is 9.62 Å². The van der Waals surface area contributed by atoms with Gasteiger partial charge in [-0.1, -0.05) is 48.5 Å². The molecule has 6 nitrogen and oxygen atoms in total. The fraction of sp³-hybridized carbons (Fsp3) is 0.259. The van der Waals surface area contributed by atoms with Crippen LogP contribution in [-0.2, 0) is 26.8 Å². The molecule has 0 bridgehead atoms. The highest BCUT2D eigenvalue weighted by Gasteiger charge is 2.45. The summed E-state index contributed by atoms with van der Waals surface area (Å²) in [5, 5.41) is 3.08. The van der Waals surface area contributed by atoms with E-state index < -0.39 is 15.4 Å². The third-order valence-corrected chi connectivity index (χ3v) is 10.4. The normalized spacial score (nSPS) is 15.9. The van der Waals surface area contributed by atoms with E-state index in [9.17, 15) is 18.0 Å². The molecule has 0 aromatic heterocycles. The molecule has 0 aliphatic carbocycles. The van der Waals surface area contributed by atoms with Crippen LogP contribution in [0.3, 0.4) is 0 Å². The van der Waals surface area contributed by atoms with Crippen LogP contribution in [0.25, 0.3) is 0 Å². The second kappa shape index (κ2) is 11.0. The number of carbonyl (C=O) groups is 2. The third-order valence-electron chi connectivity index (χ3n) is 6.65. The van der Waals surface area contributed by atoms with Gasteiger partial charge >= 0.3 is 0 Å². The number of nitrogens with one attached hydrogen (secondary N) is 1. The summed E-state index contributed by atoms with van der Waals surface area (Å²) in [6.45, 7) is 2.16. The fourth-order valence-corrected chi connectivity index (χ4v) is 6.70. The maximum absolute atomic E-state index is 13.7. The Bertz CT molecular complexity index is 1390. The lowest BCUT2D eigenvalue weighted by molar-refractivity contribution is -0.128. The molecular formula is C27H26Br2N2O4S. The lowest BCUT2D eigenvalue weighted by atomic mass is 9.72. The van der Waals surface area contributed by atoms with E-state index in [4.69, 9.17) is 0 Å². The molecule has 0 spiro atoms. The van der Waals surface area contributed by atoms with Crippen molar-refractivity contribution in [3.63, 3.8) is 0 Å². The second-order valence-corrected chi connectivity index (χ2v) is 12.5. The van der Waals surface area contributed by atoms with Gasteiger partial charge in [-0.15, -0.1) is 0 Å². The molecule has 9 heteroatoms. The molecule has 0 saturated carbocycles. The monoisotopic (exact) mass is 632 g/mol. The molecule has 0 radical (unpaired) electrons. The van der Waals surface area contributed by atoms with Crippen LogP contribution < -0.4 is 5.32 Å². The fourth-order valence-electron chi connectivity index (χ4n) is 4.54. The first kappa shape index (κ1) is 26.7. The lowest BCUT2D eigenvalue weighted by Gasteiger charge is -2.40. The number of hydrogen-bond acceptors (Lipinski definition) is 4. The lowest BCUT2D eigenvalue weighted by Crippen LogP contribution is -2.52. The molecule has 1 heterocycles. The predicted molar refractivity (Wildman–Crippen MR) is 146 cm³/mol. The van der Waals surface area contributed by atoms with Gasteiger partial charge in [-0.25, -0.2) is 8.42 Å². The van der Waals surface area contributed by atoms with Crippen LogP contribution in [0.2, 0.25) is 0 Å². The molecule has 36 heavy (non-hydrogen) atoms. The van der Waals surface area contributed by atoms with Crippen molar-refractivity contribution < 1.29 is 18.0 Å². The van der Waals surface area contributed by atoms with Gasteiger partial charge in [0.2, 0.25) is 15.9 Å². The number of amides is 1. The van der Waals surface area contributed by atoms with Crippen molar-refractivity contribution in [3.8, 4) is 0 Å². The molecule has 1 aliphatic rings. The summed E-state index contributed by atoms with van der Waals surface area (Å²) >= 11 is 6.95. The number of hydrogen-bond donors (Lipinski definition) is 1. The van der Waals surface area contributed by atoms with Gasteiger partial charge in [-0.2, -0.15) is 4.31 Å². The molecule has 3 aromatic rings. The predicted octanol–water partition coefficient (Wildman–Crippen LogP) is 5.45. The number of nitrogens with zero attached hydrogens (tertiary/aromatic N) is 1. The Kier molecular flexibility index (Phi) is 8.14. The molecule has 1 fully saturated rings. The van der Waals surface area contributed by atoms with Crippen molar-refractivity contribution in [1.29, 1.82) is 0 Å². The summed E-state index contributed by atoms with van der Waals surface area (Å²) in [4.78, 5) is 25.5. The topological polar surface area (TPSA) is 83.6 Å². The first-order chi connectivity index (χ1) is 17.1. The third kappa shape index (κ3) is 5.49. The van der Waals surface area contributed by atoms with E-state index in [1.807, 2.05) is 48.5 Å². The number of ketones is 1. The van der Waals surface area contributed by atoms with Gasteiger partial charge in [-0.05, 0) is 87.0 Å². The van der Waals surface area contributed by atoms with Gasteiger partial charge in [0.05, 0.1) is 10.3 Å². The minimum absolute atomic E-state index is 0.0904. The van der Waals surface area contributed by atoms with Crippen LogP contribution in [0.15, 0.2) is 86.6 Å². The summed E-state index contributed by atoms with van der Waals surface area (Å²) in [6, 6.07) is 21.5. The number of Topliss-reactive ketones (excluding diaryl/α,β-unsaturated/α-hetero) is 1. The zero-order valence-electron chi connectivity index (χ0n) is 19.7. The van der Waals surface area contributed by atoms with Gasteiger partial charge in [0, 0.05) is 34.1 Å². The number of halogens is 2. The van der Waals surface area contributed by atoms with E-state index in [2.05, 4.69) is 37.2 Å². The number of sulfonamides is 1. The van der Waals surface area contributed by atoms with Gasteiger partial charge in [0.25, 0.3) is 0 Å². The van der Waals surface area contributed by atoms with Crippen molar-refractivity contribution in [2.24, 2.45) is 0 Å². The molecule has 188 valence electrons. The Balaban J connectivity index is 1.56. The SMILES string of the molecule is CC(=O)c1cccc(S(=O)(=O)N2CCC(C(=O)NCc3ccc(Br)c(Br)c3)(c3ccccc3)CC2)c1. The minimum atomic E-state index is -3.80. The van der Waals surface area contributed by atoms with E-state index in [1.54, 1.807) is 12.1 Å². The quantitative estimate of drug-likeness (QED) is 0.351. The number of piperidine rings is 1. The van der Waals surface area contributed by atoms with Crippen LogP contribution in [0.5, 0.6) is 0 Å². The molecule has 0 unspecified atom stereocenters. The van der Waals surface area contributed by atoms with Crippen molar-refractivity contribution in [2.75, 3.05) is 13.1 Å². The summed E-state index contributed by atoms with van der Waals surface area (Å²) in [5.41, 5.74) is 1.33. The van der Waals surface area contributed by atoms with E-state index in [-0.39, 0.29) is 29.7 Å². The number of benzene rings is 3. The Morgan fingerprint density at radius 2 is 1.61 bits per heavy atom. The number of carbonyl (C=O) groups excluding carboxylic acids is 2. The number of rotatable bonds is 7. The average Bonchev–Trinajstić information content (AvgIpc) is 2.89. The van der Waals surface area contributed by atoms with Gasteiger partial charge in [0.15, 0.2) is 5.78 Å². The van der Waals surface area contributed by atoms with E-state index in [0.29, 0.717) is 24.9 Å². The summed E-state index contributed by atoms with van der Waals surface area (Å²) in [6.07, 6.45) is 0.691. The molecule has 3 aromatic carbocycles. The Morgan fingerprint density at radius 1 is 0.917 bits per heavy atom. The standard InChI is InChI=1S/C27H26Br2N2O4S/c1-19(32)21-6-5-9-23(17-21)36(34,35)31-14-12-27(13-15-31,22-7-3-2-4-8-22)26(33)30-18-20-10-11-24(28)25(29)16-20/h2-11,16-17H,12-15,18H2,1H3,(H,30,33). The zero-order chi connectivity index (χ0) is 25.9. The minimum Gasteiger partial charge on any atom is -0.351 e. The van der Waals surface area contributed by atoms with Gasteiger partial charge in [-0.3, -0.25) is 9.59 Å². The van der Waals surface area contributed by atoms with Crippen LogP contribution >= 0.6 is 31.9 Å². The molecule has 4 rings (SSSR count). The first-order valence-corrected chi connectivity index (χ1v) is 14.5. The van der Waals surface area contributed by atoms with Gasteiger partial charge < -0.3 is 5.32 Å². The van der Waals surface area contributed by atoms with Crippen LogP contribution in [-0.4, -0.2) is 37.5 Å². The highest BCUT2D eigenvalue weighted by Crippen LogP contribution is 2.38. The van der Waals surface area contributed by atoms with E-state index in [1.165, 1.54) is 23.4 Å². The van der Waals surface area contributed by atoms with Gasteiger partial charge in [0.1, 0.15) is 0 Å². The van der Waals surface area contributed by atoms with Crippen LogP contribution in [0, 0.1) is 0 Å². The molecule has 1 N–H and O–H groups in total. The molecule has 1 aliphatic heterocycles. The molecular weight excluding hydrogens is 608 g/mol. The smallest absolute Gasteiger partial charge is 0.243 e. The van der Waals surface area contributed by atoms with Crippen LogP contribution in [0.4, 0.5) is 0 Å². The van der Waals surface area contributed by atoms with Crippen molar-refractivity contribution in [3.05, 3.63) is 98.4 Å². The molecule has 1 saturated heterocycles. The van der Waals surface area contributed by atoms with E-state index >= 15 is 0 Å². The van der Waals surface area contributed by atoms with Crippen molar-refractivity contribution >= 4 is 53.6 Å². The highest BCUT2D eigenvalue weighted by atomic mass is 79.9. The first-order valence-electron chi connectivity index (χ1n) is 11.5. The summed E-state index contributed by atoms with van der Waals surface area (Å²) < 4.78 is 30.0. The largest absolute Gasteiger partial charge is 0.351 e. The Labute approximate surface area is 228 Å². The Morgan fingerprint density at radius 3 is 2.25 bits per heavy atom. The zero-order valence-corrected chi connectivity index (χ0v) is 23.7.